The molecule has 102 valence electrons. The van der Waals surface area contributed by atoms with Gasteiger partial charge < -0.3 is 15.5 Å². The van der Waals surface area contributed by atoms with Crippen molar-refractivity contribution in [1.82, 2.24) is 15.5 Å². The lowest BCUT2D eigenvalue weighted by molar-refractivity contribution is -0.128. The summed E-state index contributed by atoms with van der Waals surface area (Å²) in [6, 6.07) is 5.72. The maximum absolute atomic E-state index is 11.9. The monoisotopic (exact) mass is 261 g/mol. The summed E-state index contributed by atoms with van der Waals surface area (Å²) >= 11 is 0. The summed E-state index contributed by atoms with van der Waals surface area (Å²) in [4.78, 5) is 24.8. The third-order valence-corrected chi connectivity index (χ3v) is 3.22. The van der Waals surface area contributed by atoms with E-state index in [4.69, 9.17) is 0 Å². The van der Waals surface area contributed by atoms with Crippen LogP contribution < -0.4 is 10.6 Å². The van der Waals surface area contributed by atoms with Crippen LogP contribution in [0.4, 0.5) is 0 Å². The molecule has 5 heteroatoms. The first-order chi connectivity index (χ1) is 9.08. The van der Waals surface area contributed by atoms with Gasteiger partial charge in [0.25, 0.3) is 5.91 Å². The largest absolute Gasteiger partial charge is 0.352 e. The number of nitrogens with zero attached hydrogens (tertiary/aromatic N) is 1. The van der Waals surface area contributed by atoms with Crippen molar-refractivity contribution in [2.45, 2.75) is 19.5 Å². The van der Waals surface area contributed by atoms with E-state index in [0.717, 1.165) is 13.1 Å². The molecule has 0 fully saturated rings. The number of nitrogens with one attached hydrogen (secondary N) is 2. The fraction of sp³-hybridized carbons (Fsp3) is 0.429. The molecule has 2 rings (SSSR count). The highest BCUT2D eigenvalue weighted by molar-refractivity contribution is 5.94. The minimum Gasteiger partial charge on any atom is -0.352 e. The van der Waals surface area contributed by atoms with Crippen molar-refractivity contribution < 1.29 is 9.59 Å². The number of fused-ring (bicyclic) bond motifs is 1. The zero-order chi connectivity index (χ0) is 13.8. The number of hydrogen-bond donors (Lipinski definition) is 2. The van der Waals surface area contributed by atoms with Crippen LogP contribution >= 0.6 is 0 Å². The molecule has 0 aliphatic carbocycles. The molecule has 0 saturated carbocycles. The fourth-order valence-electron chi connectivity index (χ4n) is 2.04. The molecule has 2 N–H and O–H groups in total. The van der Waals surface area contributed by atoms with E-state index in [9.17, 15) is 9.59 Å². The van der Waals surface area contributed by atoms with Crippen LogP contribution in [-0.2, 0) is 17.9 Å². The average molecular weight is 261 g/mol. The molecule has 5 nitrogen and oxygen atoms in total. The Morgan fingerprint density at radius 2 is 2.00 bits per heavy atom. The van der Waals surface area contributed by atoms with Gasteiger partial charge in [-0.3, -0.25) is 9.59 Å². The summed E-state index contributed by atoms with van der Waals surface area (Å²) in [5.41, 5.74) is 3.08. The molecule has 0 unspecified atom stereocenters. The fourth-order valence-corrected chi connectivity index (χ4v) is 2.04. The first-order valence-corrected chi connectivity index (χ1v) is 6.39. The average Bonchev–Trinajstić information content (AvgIpc) is 2.85. The predicted octanol–water partition coefficient (Wildman–Crippen LogP) is 0.498. The number of amides is 2. The molecule has 2 amide bonds. The van der Waals surface area contributed by atoms with Gasteiger partial charge >= 0.3 is 0 Å². The Morgan fingerprint density at radius 3 is 2.74 bits per heavy atom. The lowest BCUT2D eigenvalue weighted by Gasteiger charge is -2.10. The topological polar surface area (TPSA) is 61.4 Å². The summed E-state index contributed by atoms with van der Waals surface area (Å²) in [7, 11) is 3.41. The van der Waals surface area contributed by atoms with Crippen LogP contribution in [0.3, 0.4) is 0 Å². The van der Waals surface area contributed by atoms with Crippen LogP contribution in [-0.4, -0.2) is 37.4 Å². The minimum absolute atomic E-state index is 0.0125. The molecule has 1 aromatic carbocycles. The number of benzene rings is 1. The Morgan fingerprint density at radius 1 is 1.26 bits per heavy atom. The van der Waals surface area contributed by atoms with Crippen molar-refractivity contribution in [3.8, 4) is 0 Å². The summed E-state index contributed by atoms with van der Waals surface area (Å²) in [6.07, 6.45) is 0.325. The molecule has 0 spiro atoms. The van der Waals surface area contributed by atoms with Gasteiger partial charge in [0, 0.05) is 45.7 Å². The number of rotatable bonds is 4. The van der Waals surface area contributed by atoms with Gasteiger partial charge in [0.05, 0.1) is 0 Å². The van der Waals surface area contributed by atoms with Crippen molar-refractivity contribution in [2.75, 3.05) is 20.6 Å². The number of carbonyl (C=O) groups is 2. The van der Waals surface area contributed by atoms with Crippen LogP contribution in [0.25, 0.3) is 0 Å². The highest BCUT2D eigenvalue weighted by Gasteiger charge is 2.13. The molecule has 1 aromatic rings. The number of hydrogen-bond acceptors (Lipinski definition) is 3. The van der Waals surface area contributed by atoms with E-state index in [2.05, 4.69) is 10.6 Å². The smallest absolute Gasteiger partial charge is 0.251 e. The van der Waals surface area contributed by atoms with Gasteiger partial charge in [0.2, 0.25) is 5.91 Å². The van der Waals surface area contributed by atoms with E-state index in [0.29, 0.717) is 18.5 Å². The van der Waals surface area contributed by atoms with Crippen molar-refractivity contribution in [3.63, 3.8) is 0 Å². The standard InChI is InChI=1S/C14H19N3O2/c1-17(2)13(18)5-6-16-14(19)10-3-4-11-8-15-9-12(11)7-10/h3-4,7,15H,5-6,8-9H2,1-2H3,(H,16,19). The highest BCUT2D eigenvalue weighted by atomic mass is 16.2. The van der Waals surface area contributed by atoms with Gasteiger partial charge in [-0.05, 0) is 23.3 Å². The van der Waals surface area contributed by atoms with Gasteiger partial charge in [-0.1, -0.05) is 6.07 Å². The van der Waals surface area contributed by atoms with E-state index in [1.807, 2.05) is 18.2 Å². The van der Waals surface area contributed by atoms with E-state index in [-0.39, 0.29) is 11.8 Å². The lowest BCUT2D eigenvalue weighted by Crippen LogP contribution is -2.30. The zero-order valence-electron chi connectivity index (χ0n) is 11.3. The molecule has 0 saturated heterocycles. The zero-order valence-corrected chi connectivity index (χ0v) is 11.3. The maximum Gasteiger partial charge on any atom is 0.251 e. The lowest BCUT2D eigenvalue weighted by atomic mass is 10.1. The second kappa shape index (κ2) is 5.84. The third-order valence-electron chi connectivity index (χ3n) is 3.22. The van der Waals surface area contributed by atoms with Crippen LogP contribution in [0.15, 0.2) is 18.2 Å². The van der Waals surface area contributed by atoms with Crippen molar-refractivity contribution >= 4 is 11.8 Å². The minimum atomic E-state index is -0.124. The highest BCUT2D eigenvalue weighted by Crippen LogP contribution is 2.16. The molecule has 0 aromatic heterocycles. The predicted molar refractivity (Wildman–Crippen MR) is 72.6 cm³/mol. The molecule has 19 heavy (non-hydrogen) atoms. The second-order valence-corrected chi connectivity index (χ2v) is 4.88. The van der Waals surface area contributed by atoms with Crippen LogP contribution in [0.2, 0.25) is 0 Å². The van der Waals surface area contributed by atoms with Crippen molar-refractivity contribution in [1.29, 1.82) is 0 Å². The summed E-state index contributed by atoms with van der Waals surface area (Å²) in [5.74, 6) is -0.111. The summed E-state index contributed by atoms with van der Waals surface area (Å²) in [6.45, 7) is 2.05. The normalized spacial score (nSPS) is 12.9. The molecular formula is C14H19N3O2. The van der Waals surface area contributed by atoms with Crippen LogP contribution in [0, 0.1) is 0 Å². The molecule has 1 heterocycles. The Kier molecular flexibility index (Phi) is 4.16. The quantitative estimate of drug-likeness (QED) is 0.829. The van der Waals surface area contributed by atoms with E-state index in [1.165, 1.54) is 16.0 Å². The van der Waals surface area contributed by atoms with Gasteiger partial charge in [-0.2, -0.15) is 0 Å². The Labute approximate surface area is 113 Å². The SMILES string of the molecule is CN(C)C(=O)CCNC(=O)c1ccc2c(c1)CNC2. The molecule has 0 radical (unpaired) electrons. The maximum atomic E-state index is 11.9. The van der Waals surface area contributed by atoms with Gasteiger partial charge in [0.1, 0.15) is 0 Å². The number of carbonyl (C=O) groups excluding carboxylic acids is 2. The van der Waals surface area contributed by atoms with Gasteiger partial charge in [0.15, 0.2) is 0 Å². The van der Waals surface area contributed by atoms with Crippen LogP contribution in [0.1, 0.15) is 27.9 Å². The third kappa shape index (κ3) is 3.32. The second-order valence-electron chi connectivity index (χ2n) is 4.88. The first kappa shape index (κ1) is 13.5. The molecule has 1 aliphatic heterocycles. The Balaban J connectivity index is 1.88. The van der Waals surface area contributed by atoms with Gasteiger partial charge in [-0.15, -0.1) is 0 Å². The van der Waals surface area contributed by atoms with E-state index < -0.39 is 0 Å². The summed E-state index contributed by atoms with van der Waals surface area (Å²) in [5, 5.41) is 6.01. The molecule has 0 atom stereocenters. The molecule has 0 bridgehead atoms. The van der Waals surface area contributed by atoms with Crippen molar-refractivity contribution in [2.24, 2.45) is 0 Å². The van der Waals surface area contributed by atoms with Gasteiger partial charge in [-0.25, -0.2) is 0 Å². The Hall–Kier alpha value is -1.88. The van der Waals surface area contributed by atoms with E-state index >= 15 is 0 Å². The molecule has 1 aliphatic rings. The Bertz CT molecular complexity index is 497. The van der Waals surface area contributed by atoms with E-state index in [1.54, 1.807) is 14.1 Å². The molecular weight excluding hydrogens is 242 g/mol. The first-order valence-electron chi connectivity index (χ1n) is 6.39. The summed E-state index contributed by atoms with van der Waals surface area (Å²) < 4.78 is 0. The van der Waals surface area contributed by atoms with Crippen LogP contribution in [0.5, 0.6) is 0 Å². The van der Waals surface area contributed by atoms with Crippen molar-refractivity contribution in [3.05, 3.63) is 34.9 Å².